The predicted octanol–water partition coefficient (Wildman–Crippen LogP) is 3.47. The number of hydrogen-bond acceptors (Lipinski definition) is 3. The van der Waals surface area contributed by atoms with E-state index in [0.717, 1.165) is 18.8 Å². The van der Waals surface area contributed by atoms with E-state index in [2.05, 4.69) is 37.8 Å². The SMILES string of the molecule is CCN(Cc1ccccc1)Cc1c(O)c(=O)cc(C)n1C(C)C. The van der Waals surface area contributed by atoms with Crippen LogP contribution in [0.25, 0.3) is 0 Å². The van der Waals surface area contributed by atoms with Gasteiger partial charge in [0, 0.05) is 30.9 Å². The summed E-state index contributed by atoms with van der Waals surface area (Å²) in [6.07, 6.45) is 0. The number of nitrogens with zero attached hydrogens (tertiary/aromatic N) is 2. The van der Waals surface area contributed by atoms with Gasteiger partial charge in [-0.3, -0.25) is 9.69 Å². The van der Waals surface area contributed by atoms with Gasteiger partial charge >= 0.3 is 0 Å². The molecule has 2 rings (SSSR count). The zero-order valence-corrected chi connectivity index (χ0v) is 14.4. The molecule has 23 heavy (non-hydrogen) atoms. The maximum atomic E-state index is 12.0. The molecule has 0 atom stereocenters. The van der Waals surface area contributed by atoms with Crippen molar-refractivity contribution in [3.63, 3.8) is 0 Å². The summed E-state index contributed by atoms with van der Waals surface area (Å²) >= 11 is 0. The Labute approximate surface area is 138 Å². The minimum Gasteiger partial charge on any atom is -0.503 e. The van der Waals surface area contributed by atoms with Gasteiger partial charge in [0.05, 0.1) is 5.69 Å². The van der Waals surface area contributed by atoms with Gasteiger partial charge in [-0.1, -0.05) is 37.3 Å². The van der Waals surface area contributed by atoms with E-state index in [0.29, 0.717) is 12.2 Å². The number of aryl methyl sites for hydroxylation is 1. The first-order valence-corrected chi connectivity index (χ1v) is 8.14. The van der Waals surface area contributed by atoms with Gasteiger partial charge in [0.15, 0.2) is 5.75 Å². The van der Waals surface area contributed by atoms with Gasteiger partial charge in [-0.15, -0.1) is 0 Å². The van der Waals surface area contributed by atoms with Crippen LogP contribution in [-0.2, 0) is 13.1 Å². The minimum atomic E-state index is -0.301. The van der Waals surface area contributed by atoms with Crippen molar-refractivity contribution in [1.82, 2.24) is 9.47 Å². The summed E-state index contributed by atoms with van der Waals surface area (Å²) in [5, 5.41) is 10.3. The molecular weight excluding hydrogens is 288 g/mol. The van der Waals surface area contributed by atoms with Crippen molar-refractivity contribution in [1.29, 1.82) is 0 Å². The van der Waals surface area contributed by atoms with Crippen LogP contribution in [0.5, 0.6) is 5.75 Å². The number of hydrogen-bond donors (Lipinski definition) is 1. The van der Waals surface area contributed by atoms with Crippen molar-refractivity contribution >= 4 is 0 Å². The molecule has 0 amide bonds. The lowest BCUT2D eigenvalue weighted by Gasteiger charge is -2.26. The highest BCUT2D eigenvalue weighted by molar-refractivity contribution is 5.30. The summed E-state index contributed by atoms with van der Waals surface area (Å²) in [6.45, 7) is 10.3. The fraction of sp³-hybridized carbons (Fsp3) is 0.421. The summed E-state index contributed by atoms with van der Waals surface area (Å²) in [6, 6.07) is 11.9. The summed E-state index contributed by atoms with van der Waals surface area (Å²) in [4.78, 5) is 14.2. The van der Waals surface area contributed by atoms with Crippen LogP contribution < -0.4 is 5.43 Å². The molecule has 2 aromatic rings. The van der Waals surface area contributed by atoms with Crippen LogP contribution in [-0.4, -0.2) is 21.1 Å². The van der Waals surface area contributed by atoms with Crippen LogP contribution >= 0.6 is 0 Å². The van der Waals surface area contributed by atoms with Crippen LogP contribution in [0.1, 0.15) is 43.8 Å². The molecule has 1 heterocycles. The van der Waals surface area contributed by atoms with Gasteiger partial charge < -0.3 is 9.67 Å². The van der Waals surface area contributed by atoms with Crippen molar-refractivity contribution < 1.29 is 5.11 Å². The average Bonchev–Trinajstić information content (AvgIpc) is 2.52. The molecule has 1 aromatic heterocycles. The Hall–Kier alpha value is -2.07. The van der Waals surface area contributed by atoms with Gasteiger partial charge in [0.1, 0.15) is 0 Å². The van der Waals surface area contributed by atoms with E-state index in [-0.39, 0.29) is 17.2 Å². The third-order valence-electron chi connectivity index (χ3n) is 4.10. The molecule has 0 aliphatic heterocycles. The van der Waals surface area contributed by atoms with E-state index in [1.165, 1.54) is 11.6 Å². The lowest BCUT2D eigenvalue weighted by molar-refractivity contribution is 0.255. The van der Waals surface area contributed by atoms with Crippen LogP contribution in [0.2, 0.25) is 0 Å². The summed E-state index contributed by atoms with van der Waals surface area (Å²) in [7, 11) is 0. The number of benzene rings is 1. The van der Waals surface area contributed by atoms with Crippen LogP contribution in [0, 0.1) is 6.92 Å². The Morgan fingerprint density at radius 3 is 2.39 bits per heavy atom. The normalized spacial score (nSPS) is 11.4. The summed E-state index contributed by atoms with van der Waals surface area (Å²) in [5.74, 6) is -0.129. The van der Waals surface area contributed by atoms with E-state index in [1.54, 1.807) is 0 Å². The molecule has 0 radical (unpaired) electrons. The first-order chi connectivity index (χ1) is 10.9. The lowest BCUT2D eigenvalue weighted by Crippen LogP contribution is -2.27. The highest BCUT2D eigenvalue weighted by Crippen LogP contribution is 2.22. The Balaban J connectivity index is 2.35. The van der Waals surface area contributed by atoms with Gasteiger partial charge in [-0.25, -0.2) is 0 Å². The molecule has 0 unspecified atom stereocenters. The highest BCUT2D eigenvalue weighted by Gasteiger charge is 2.17. The Morgan fingerprint density at radius 2 is 1.83 bits per heavy atom. The molecule has 0 spiro atoms. The van der Waals surface area contributed by atoms with Crippen molar-refractivity contribution in [2.75, 3.05) is 6.54 Å². The zero-order valence-electron chi connectivity index (χ0n) is 14.4. The van der Waals surface area contributed by atoms with Gasteiger partial charge in [0.25, 0.3) is 0 Å². The second-order valence-corrected chi connectivity index (χ2v) is 6.20. The van der Waals surface area contributed by atoms with E-state index in [4.69, 9.17) is 0 Å². The number of aromatic nitrogens is 1. The van der Waals surface area contributed by atoms with E-state index in [9.17, 15) is 9.90 Å². The molecule has 4 heteroatoms. The molecular formula is C19H26N2O2. The molecule has 4 nitrogen and oxygen atoms in total. The summed E-state index contributed by atoms with van der Waals surface area (Å²) < 4.78 is 2.05. The smallest absolute Gasteiger partial charge is 0.223 e. The molecule has 0 saturated carbocycles. The number of pyridine rings is 1. The Kier molecular flexibility index (Phi) is 5.61. The predicted molar refractivity (Wildman–Crippen MR) is 93.7 cm³/mol. The largest absolute Gasteiger partial charge is 0.503 e. The molecule has 0 fully saturated rings. The second-order valence-electron chi connectivity index (χ2n) is 6.20. The van der Waals surface area contributed by atoms with E-state index in [1.807, 2.05) is 29.7 Å². The molecule has 0 saturated heterocycles. The quantitative estimate of drug-likeness (QED) is 0.888. The minimum absolute atomic E-state index is 0.129. The van der Waals surface area contributed by atoms with Crippen molar-refractivity contribution in [3.05, 3.63) is 63.6 Å². The molecule has 0 aliphatic carbocycles. The van der Waals surface area contributed by atoms with Crippen molar-refractivity contribution in [3.8, 4) is 5.75 Å². The standard InChI is InChI=1S/C19H26N2O2/c1-5-20(12-16-9-7-6-8-10-16)13-17-19(23)18(22)11-15(4)21(17)14(2)3/h6-11,14,23H,5,12-13H2,1-4H3. The van der Waals surface area contributed by atoms with Crippen LogP contribution in [0.15, 0.2) is 41.2 Å². The van der Waals surface area contributed by atoms with Crippen LogP contribution in [0.3, 0.4) is 0 Å². The Morgan fingerprint density at radius 1 is 1.17 bits per heavy atom. The van der Waals surface area contributed by atoms with Crippen molar-refractivity contribution in [2.24, 2.45) is 0 Å². The summed E-state index contributed by atoms with van der Waals surface area (Å²) in [5.41, 5.74) is 2.50. The lowest BCUT2D eigenvalue weighted by atomic mass is 10.1. The first kappa shape index (κ1) is 17.3. The third kappa shape index (κ3) is 4.02. The third-order valence-corrected chi connectivity index (χ3v) is 4.10. The molecule has 1 aromatic carbocycles. The van der Waals surface area contributed by atoms with Gasteiger partial charge in [-0.05, 0) is 32.9 Å². The van der Waals surface area contributed by atoms with E-state index < -0.39 is 0 Å². The monoisotopic (exact) mass is 314 g/mol. The molecule has 124 valence electrons. The molecule has 1 N–H and O–H groups in total. The molecule has 0 bridgehead atoms. The Bertz CT molecular complexity index is 705. The molecule has 0 aliphatic rings. The second kappa shape index (κ2) is 7.47. The maximum absolute atomic E-state index is 12.0. The number of aromatic hydroxyl groups is 1. The van der Waals surface area contributed by atoms with Crippen molar-refractivity contribution in [2.45, 2.75) is 46.8 Å². The number of rotatable bonds is 6. The van der Waals surface area contributed by atoms with E-state index >= 15 is 0 Å². The van der Waals surface area contributed by atoms with Gasteiger partial charge in [0.2, 0.25) is 5.43 Å². The van der Waals surface area contributed by atoms with Crippen LogP contribution in [0.4, 0.5) is 0 Å². The zero-order chi connectivity index (χ0) is 17.0. The van der Waals surface area contributed by atoms with Gasteiger partial charge in [-0.2, -0.15) is 0 Å². The highest BCUT2D eigenvalue weighted by atomic mass is 16.3. The fourth-order valence-electron chi connectivity index (χ4n) is 3.00. The first-order valence-electron chi connectivity index (χ1n) is 8.14. The topological polar surface area (TPSA) is 45.5 Å². The fourth-order valence-corrected chi connectivity index (χ4v) is 3.00. The maximum Gasteiger partial charge on any atom is 0.223 e. The average molecular weight is 314 g/mol.